The minimum absolute atomic E-state index is 0.128. The van der Waals surface area contributed by atoms with Gasteiger partial charge in [0.2, 0.25) is 5.91 Å². The van der Waals surface area contributed by atoms with Crippen molar-refractivity contribution in [2.45, 2.75) is 38.1 Å². The van der Waals surface area contributed by atoms with Crippen molar-refractivity contribution in [2.75, 3.05) is 13.0 Å². The van der Waals surface area contributed by atoms with Crippen molar-refractivity contribution in [3.8, 4) is 5.75 Å². The van der Waals surface area contributed by atoms with E-state index in [9.17, 15) is 4.79 Å². The number of carbonyl (C=O) groups is 1. The van der Waals surface area contributed by atoms with Crippen LogP contribution >= 0.6 is 11.6 Å². The van der Waals surface area contributed by atoms with Crippen LogP contribution in [0.25, 0.3) is 0 Å². The number of ether oxygens (including phenoxy) is 1. The van der Waals surface area contributed by atoms with Crippen LogP contribution in [-0.2, 0) is 11.2 Å². The van der Waals surface area contributed by atoms with Gasteiger partial charge in [-0.05, 0) is 42.9 Å². The van der Waals surface area contributed by atoms with Gasteiger partial charge in [0.25, 0.3) is 0 Å². The highest BCUT2D eigenvalue weighted by atomic mass is 35.5. The zero-order valence-corrected chi connectivity index (χ0v) is 12.7. The molecule has 0 bridgehead atoms. The second-order valence-corrected chi connectivity index (χ2v) is 5.68. The van der Waals surface area contributed by atoms with Crippen LogP contribution in [0.4, 0.5) is 0 Å². The predicted octanol–water partition coefficient (Wildman–Crippen LogP) is 3.15. The molecule has 20 heavy (non-hydrogen) atoms. The molecule has 1 aromatic carbocycles. The first-order valence-electron chi connectivity index (χ1n) is 7.21. The van der Waals surface area contributed by atoms with Gasteiger partial charge in [-0.1, -0.05) is 18.6 Å². The zero-order chi connectivity index (χ0) is 14.4. The van der Waals surface area contributed by atoms with Gasteiger partial charge in [-0.2, -0.15) is 0 Å². The van der Waals surface area contributed by atoms with Crippen LogP contribution in [0.5, 0.6) is 5.75 Å². The standard InChI is InChI=1S/C16H22ClNO2/c1-20-14-8-5-12(6-9-14)7-10-16(19)18-15-4-2-3-13(15)11-17/h5-6,8-9,13,15H,2-4,7,10-11H2,1H3,(H,18,19). The third-order valence-corrected chi connectivity index (χ3v) is 4.40. The summed E-state index contributed by atoms with van der Waals surface area (Å²) in [6.07, 6.45) is 4.64. The lowest BCUT2D eigenvalue weighted by Crippen LogP contribution is -2.38. The number of benzene rings is 1. The first kappa shape index (κ1) is 15.2. The average Bonchev–Trinajstić information content (AvgIpc) is 2.92. The minimum Gasteiger partial charge on any atom is -0.497 e. The van der Waals surface area contributed by atoms with Gasteiger partial charge in [0.1, 0.15) is 5.75 Å². The van der Waals surface area contributed by atoms with Gasteiger partial charge in [0.15, 0.2) is 0 Å². The number of amides is 1. The SMILES string of the molecule is COc1ccc(CCC(=O)NC2CCCC2CCl)cc1. The molecule has 3 nitrogen and oxygen atoms in total. The molecule has 1 aromatic rings. The summed E-state index contributed by atoms with van der Waals surface area (Å²) in [6.45, 7) is 0. The van der Waals surface area contributed by atoms with Crippen LogP contribution in [0.3, 0.4) is 0 Å². The van der Waals surface area contributed by atoms with Crippen LogP contribution < -0.4 is 10.1 Å². The molecule has 0 saturated heterocycles. The lowest BCUT2D eigenvalue weighted by atomic mass is 10.1. The number of nitrogens with one attached hydrogen (secondary N) is 1. The van der Waals surface area contributed by atoms with E-state index in [1.54, 1.807) is 7.11 Å². The summed E-state index contributed by atoms with van der Waals surface area (Å²) in [5.41, 5.74) is 1.15. The fraction of sp³-hybridized carbons (Fsp3) is 0.562. The van der Waals surface area contributed by atoms with Crippen molar-refractivity contribution in [3.05, 3.63) is 29.8 Å². The van der Waals surface area contributed by atoms with E-state index in [4.69, 9.17) is 16.3 Å². The highest BCUT2D eigenvalue weighted by Crippen LogP contribution is 2.26. The molecular weight excluding hydrogens is 274 g/mol. The monoisotopic (exact) mass is 295 g/mol. The Bertz CT molecular complexity index is 433. The predicted molar refractivity (Wildman–Crippen MR) is 81.3 cm³/mol. The van der Waals surface area contributed by atoms with Gasteiger partial charge in [-0.15, -0.1) is 11.6 Å². The fourth-order valence-corrected chi connectivity index (χ4v) is 3.11. The molecule has 1 saturated carbocycles. The quantitative estimate of drug-likeness (QED) is 0.819. The largest absolute Gasteiger partial charge is 0.497 e. The maximum atomic E-state index is 12.0. The Morgan fingerprint density at radius 1 is 1.35 bits per heavy atom. The van der Waals surface area contributed by atoms with Gasteiger partial charge in [0, 0.05) is 18.3 Å². The molecule has 0 heterocycles. The maximum Gasteiger partial charge on any atom is 0.220 e. The van der Waals surface area contributed by atoms with E-state index in [0.717, 1.165) is 30.6 Å². The van der Waals surface area contributed by atoms with Crippen molar-refractivity contribution in [3.63, 3.8) is 0 Å². The van der Waals surface area contributed by atoms with Gasteiger partial charge in [-0.3, -0.25) is 4.79 Å². The van der Waals surface area contributed by atoms with Crippen molar-refractivity contribution < 1.29 is 9.53 Å². The van der Waals surface area contributed by atoms with Crippen LogP contribution in [0, 0.1) is 5.92 Å². The Kier molecular flexibility index (Phi) is 5.72. The average molecular weight is 296 g/mol. The van der Waals surface area contributed by atoms with Crippen LogP contribution in [0.1, 0.15) is 31.2 Å². The number of rotatable bonds is 6. The molecule has 0 radical (unpaired) electrons. The zero-order valence-electron chi connectivity index (χ0n) is 11.9. The van der Waals surface area contributed by atoms with E-state index in [-0.39, 0.29) is 11.9 Å². The Hall–Kier alpha value is -1.22. The van der Waals surface area contributed by atoms with Gasteiger partial charge in [-0.25, -0.2) is 0 Å². The maximum absolute atomic E-state index is 12.0. The van der Waals surface area contributed by atoms with Crippen molar-refractivity contribution in [2.24, 2.45) is 5.92 Å². The van der Waals surface area contributed by atoms with E-state index in [0.29, 0.717) is 18.2 Å². The molecule has 110 valence electrons. The van der Waals surface area contributed by atoms with Crippen LogP contribution in [0.2, 0.25) is 0 Å². The van der Waals surface area contributed by atoms with Gasteiger partial charge >= 0.3 is 0 Å². The first-order chi connectivity index (χ1) is 9.72. The molecule has 1 aliphatic rings. The normalized spacial score (nSPS) is 21.7. The van der Waals surface area contributed by atoms with Gasteiger partial charge in [0.05, 0.1) is 7.11 Å². The second-order valence-electron chi connectivity index (χ2n) is 5.37. The number of methoxy groups -OCH3 is 1. The third-order valence-electron chi connectivity index (χ3n) is 4.00. The lowest BCUT2D eigenvalue weighted by molar-refractivity contribution is -0.121. The van der Waals surface area contributed by atoms with E-state index < -0.39 is 0 Å². The molecule has 0 aromatic heterocycles. The molecular formula is C16H22ClNO2. The molecule has 0 aliphatic heterocycles. The Morgan fingerprint density at radius 2 is 2.10 bits per heavy atom. The summed E-state index contributed by atoms with van der Waals surface area (Å²) in [5.74, 6) is 2.06. The molecule has 2 unspecified atom stereocenters. The molecule has 2 atom stereocenters. The van der Waals surface area contributed by atoms with Crippen molar-refractivity contribution in [1.29, 1.82) is 0 Å². The van der Waals surface area contributed by atoms with Crippen LogP contribution in [-0.4, -0.2) is 24.9 Å². The topological polar surface area (TPSA) is 38.3 Å². The minimum atomic E-state index is 0.128. The van der Waals surface area contributed by atoms with Crippen LogP contribution in [0.15, 0.2) is 24.3 Å². The third kappa shape index (κ3) is 4.14. The van der Waals surface area contributed by atoms with E-state index in [1.165, 1.54) is 6.42 Å². The molecule has 2 rings (SSSR count). The summed E-state index contributed by atoms with van der Waals surface area (Å²) >= 11 is 5.92. The second kappa shape index (κ2) is 7.53. The Labute approximate surface area is 125 Å². The summed E-state index contributed by atoms with van der Waals surface area (Å²) in [7, 11) is 1.65. The Morgan fingerprint density at radius 3 is 2.75 bits per heavy atom. The van der Waals surface area contributed by atoms with E-state index in [2.05, 4.69) is 5.32 Å². The smallest absolute Gasteiger partial charge is 0.220 e. The highest BCUT2D eigenvalue weighted by molar-refractivity contribution is 6.18. The number of carbonyl (C=O) groups excluding carboxylic acids is 1. The molecule has 1 aliphatic carbocycles. The number of alkyl halides is 1. The molecule has 1 amide bonds. The Balaban J connectivity index is 1.76. The number of halogens is 1. The lowest BCUT2D eigenvalue weighted by Gasteiger charge is -2.18. The van der Waals surface area contributed by atoms with E-state index >= 15 is 0 Å². The summed E-state index contributed by atoms with van der Waals surface area (Å²) in [6, 6.07) is 8.13. The molecule has 1 N–H and O–H groups in total. The number of hydrogen-bond donors (Lipinski definition) is 1. The number of aryl methyl sites for hydroxylation is 1. The van der Waals surface area contributed by atoms with Gasteiger partial charge < -0.3 is 10.1 Å². The van der Waals surface area contributed by atoms with Crippen molar-refractivity contribution >= 4 is 17.5 Å². The fourth-order valence-electron chi connectivity index (χ4n) is 2.74. The van der Waals surface area contributed by atoms with Crippen molar-refractivity contribution in [1.82, 2.24) is 5.32 Å². The molecule has 1 fully saturated rings. The van der Waals surface area contributed by atoms with E-state index in [1.807, 2.05) is 24.3 Å². The number of hydrogen-bond acceptors (Lipinski definition) is 2. The summed E-state index contributed by atoms with van der Waals surface area (Å²) in [5, 5.41) is 3.12. The molecule has 4 heteroatoms. The summed E-state index contributed by atoms with van der Waals surface area (Å²) < 4.78 is 5.12. The summed E-state index contributed by atoms with van der Waals surface area (Å²) in [4.78, 5) is 12.0. The highest BCUT2D eigenvalue weighted by Gasteiger charge is 2.27. The molecule has 0 spiro atoms. The first-order valence-corrected chi connectivity index (χ1v) is 7.74.